The molecule has 2 aromatic heterocycles. The van der Waals surface area contributed by atoms with Crippen LogP contribution >= 0.6 is 0 Å². The Morgan fingerprint density at radius 2 is 1.82 bits per heavy atom. The number of H-pyrrole nitrogens is 1. The largest absolute Gasteiger partial charge is 0.435 e. The van der Waals surface area contributed by atoms with Gasteiger partial charge in [0.1, 0.15) is 11.5 Å². The second kappa shape index (κ2) is 10.2. The van der Waals surface area contributed by atoms with Crippen LogP contribution in [0, 0.1) is 17.2 Å². The first-order chi connectivity index (χ1) is 17.8. The number of pyridine rings is 1. The van der Waals surface area contributed by atoms with Gasteiger partial charge in [-0.1, -0.05) is 45.7 Å². The van der Waals surface area contributed by atoms with E-state index >= 15 is 0 Å². The van der Waals surface area contributed by atoms with Gasteiger partial charge in [-0.05, 0) is 42.5 Å². The Morgan fingerprint density at radius 3 is 2.39 bits per heavy atom. The highest BCUT2D eigenvalue weighted by Crippen LogP contribution is 2.42. The van der Waals surface area contributed by atoms with Gasteiger partial charge in [0.15, 0.2) is 5.69 Å². The number of benzene rings is 1. The minimum Gasteiger partial charge on any atom is -0.342 e. The topological polar surface area (TPSA) is 99.8 Å². The van der Waals surface area contributed by atoms with E-state index in [1.54, 1.807) is 39.2 Å². The van der Waals surface area contributed by atoms with Gasteiger partial charge in [-0.2, -0.15) is 18.3 Å². The summed E-state index contributed by atoms with van der Waals surface area (Å²) in [6, 6.07) is 8.21. The van der Waals surface area contributed by atoms with Crippen LogP contribution in [0.5, 0.6) is 0 Å². The SMILES string of the molecule is CC(C)(C)C(=O)NC(CCC1CC1)(c1cccnc1)c1ccc(F)c(NC(=O)c2cc(C(F)(F)F)n[nH]2)c1. The molecule has 0 bridgehead atoms. The smallest absolute Gasteiger partial charge is 0.342 e. The Balaban J connectivity index is 1.75. The molecule has 3 N–H and O–H groups in total. The Labute approximate surface area is 217 Å². The fraction of sp³-hybridized carbons (Fsp3) is 0.407. The monoisotopic (exact) mass is 531 g/mol. The van der Waals surface area contributed by atoms with Crippen molar-refractivity contribution >= 4 is 17.5 Å². The van der Waals surface area contributed by atoms with Gasteiger partial charge in [0.25, 0.3) is 5.91 Å². The lowest BCUT2D eigenvalue weighted by Crippen LogP contribution is -2.50. The minimum absolute atomic E-state index is 0.232. The summed E-state index contributed by atoms with van der Waals surface area (Å²) in [4.78, 5) is 30.2. The molecule has 3 aromatic rings. The van der Waals surface area contributed by atoms with E-state index in [0.29, 0.717) is 29.5 Å². The molecule has 38 heavy (non-hydrogen) atoms. The minimum atomic E-state index is -4.74. The van der Waals surface area contributed by atoms with Crippen LogP contribution in [-0.4, -0.2) is 27.0 Å². The molecule has 202 valence electrons. The number of hydrogen-bond donors (Lipinski definition) is 3. The zero-order valence-electron chi connectivity index (χ0n) is 21.2. The van der Waals surface area contributed by atoms with Crippen LogP contribution in [0.15, 0.2) is 48.8 Å². The summed E-state index contributed by atoms with van der Waals surface area (Å²) in [5.41, 5.74) is -2.63. The van der Waals surface area contributed by atoms with Crippen LogP contribution in [0.4, 0.5) is 23.2 Å². The molecule has 1 aliphatic carbocycles. The second-order valence-electron chi connectivity index (χ2n) is 10.6. The number of anilines is 1. The molecule has 4 rings (SSSR count). The number of halogens is 4. The standard InChI is InChI=1S/C27H29F4N5O2/c1-25(2,3)24(38)34-26(11-10-16-6-7-16,18-5-4-12-32-15-18)17-8-9-19(28)20(13-17)33-23(37)21-14-22(36-35-21)27(29,30)31/h4-5,8-9,12-16H,6-7,10-11H2,1-3H3,(H,33,37)(H,34,38)(H,35,36). The number of hydrogen-bond acceptors (Lipinski definition) is 4. The van der Waals surface area contributed by atoms with E-state index in [1.807, 2.05) is 11.2 Å². The highest BCUT2D eigenvalue weighted by Gasteiger charge is 2.41. The van der Waals surface area contributed by atoms with Crippen molar-refractivity contribution < 1.29 is 27.2 Å². The van der Waals surface area contributed by atoms with Gasteiger partial charge in [-0.3, -0.25) is 19.7 Å². The van der Waals surface area contributed by atoms with E-state index < -0.39 is 40.2 Å². The van der Waals surface area contributed by atoms with Crippen molar-refractivity contribution in [2.75, 3.05) is 5.32 Å². The predicted molar refractivity (Wildman–Crippen MR) is 133 cm³/mol. The van der Waals surface area contributed by atoms with Crippen LogP contribution in [0.1, 0.15) is 73.8 Å². The van der Waals surface area contributed by atoms with Gasteiger partial charge in [0.2, 0.25) is 5.91 Å². The van der Waals surface area contributed by atoms with Crippen LogP contribution < -0.4 is 10.6 Å². The third-order valence-corrected chi connectivity index (χ3v) is 6.61. The van der Waals surface area contributed by atoms with Gasteiger partial charge in [0, 0.05) is 29.4 Å². The first-order valence-corrected chi connectivity index (χ1v) is 12.3. The first kappa shape index (κ1) is 27.3. The van der Waals surface area contributed by atoms with Gasteiger partial charge < -0.3 is 10.6 Å². The summed E-state index contributed by atoms with van der Waals surface area (Å²) < 4.78 is 53.6. The number of rotatable bonds is 8. The van der Waals surface area contributed by atoms with Crippen LogP contribution in [-0.2, 0) is 16.5 Å². The zero-order chi connectivity index (χ0) is 27.7. The lowest BCUT2D eigenvalue weighted by Gasteiger charge is -2.38. The summed E-state index contributed by atoms with van der Waals surface area (Å²) >= 11 is 0. The molecule has 0 spiro atoms. The van der Waals surface area contributed by atoms with Crippen molar-refractivity contribution in [2.24, 2.45) is 11.3 Å². The summed E-state index contributed by atoms with van der Waals surface area (Å²) in [5, 5.41) is 10.7. The summed E-state index contributed by atoms with van der Waals surface area (Å²) in [6.07, 6.45) is 1.98. The van der Waals surface area contributed by atoms with E-state index in [2.05, 4.69) is 20.7 Å². The molecule has 1 aliphatic rings. The van der Waals surface area contributed by atoms with Crippen molar-refractivity contribution in [1.82, 2.24) is 20.5 Å². The number of carbonyl (C=O) groups excluding carboxylic acids is 2. The Hall–Kier alpha value is -3.76. The average molecular weight is 532 g/mol. The predicted octanol–water partition coefficient (Wildman–Crippen LogP) is 5.81. The third-order valence-electron chi connectivity index (χ3n) is 6.61. The maximum atomic E-state index is 14.9. The molecule has 1 atom stereocenters. The molecule has 2 heterocycles. The number of aromatic amines is 1. The third kappa shape index (κ3) is 6.03. The van der Waals surface area contributed by atoms with Crippen LogP contribution in [0.25, 0.3) is 0 Å². The molecule has 0 saturated heterocycles. The van der Waals surface area contributed by atoms with Crippen LogP contribution in [0.3, 0.4) is 0 Å². The molecule has 2 amide bonds. The van der Waals surface area contributed by atoms with Gasteiger partial charge in [-0.25, -0.2) is 4.39 Å². The van der Waals surface area contributed by atoms with Gasteiger partial charge in [0.05, 0.1) is 11.2 Å². The molecule has 7 nitrogen and oxygen atoms in total. The Bertz CT molecular complexity index is 1310. The maximum absolute atomic E-state index is 14.9. The van der Waals surface area contributed by atoms with Crippen molar-refractivity contribution in [2.45, 2.75) is 58.2 Å². The fourth-order valence-corrected chi connectivity index (χ4v) is 4.15. The highest BCUT2D eigenvalue weighted by molar-refractivity contribution is 6.03. The number of aromatic nitrogens is 3. The molecule has 1 fully saturated rings. The second-order valence-corrected chi connectivity index (χ2v) is 10.6. The fourth-order valence-electron chi connectivity index (χ4n) is 4.15. The molecule has 0 radical (unpaired) electrons. The molecule has 1 unspecified atom stereocenters. The van der Waals surface area contributed by atoms with Crippen molar-refractivity contribution in [3.8, 4) is 0 Å². The number of amides is 2. The van der Waals surface area contributed by atoms with E-state index in [-0.39, 0.29) is 11.6 Å². The lowest BCUT2D eigenvalue weighted by atomic mass is 9.77. The zero-order valence-corrected chi connectivity index (χ0v) is 21.2. The molecule has 0 aliphatic heterocycles. The van der Waals surface area contributed by atoms with E-state index in [1.165, 1.54) is 12.1 Å². The number of nitrogens with one attached hydrogen (secondary N) is 3. The van der Waals surface area contributed by atoms with E-state index in [0.717, 1.165) is 25.3 Å². The summed E-state index contributed by atoms with van der Waals surface area (Å²) in [6.45, 7) is 5.35. The molecular weight excluding hydrogens is 502 g/mol. The van der Waals surface area contributed by atoms with Crippen molar-refractivity contribution in [3.63, 3.8) is 0 Å². The van der Waals surface area contributed by atoms with Crippen molar-refractivity contribution in [3.05, 3.63) is 77.1 Å². The lowest BCUT2D eigenvalue weighted by molar-refractivity contribution is -0.141. The van der Waals surface area contributed by atoms with Gasteiger partial charge >= 0.3 is 6.18 Å². The molecule has 1 saturated carbocycles. The van der Waals surface area contributed by atoms with E-state index in [4.69, 9.17) is 0 Å². The summed E-state index contributed by atoms with van der Waals surface area (Å²) in [5.74, 6) is -1.50. The first-order valence-electron chi connectivity index (χ1n) is 12.3. The normalized spacial score (nSPS) is 15.6. The maximum Gasteiger partial charge on any atom is 0.435 e. The Morgan fingerprint density at radius 1 is 1.08 bits per heavy atom. The quantitative estimate of drug-likeness (QED) is 0.320. The van der Waals surface area contributed by atoms with E-state index in [9.17, 15) is 27.2 Å². The molecular formula is C27H29F4N5O2. The molecule has 11 heteroatoms. The highest BCUT2D eigenvalue weighted by atomic mass is 19.4. The average Bonchev–Trinajstić information content (AvgIpc) is 3.54. The number of nitrogens with zero attached hydrogens (tertiary/aromatic N) is 2. The van der Waals surface area contributed by atoms with Crippen LogP contribution in [0.2, 0.25) is 0 Å². The number of carbonyl (C=O) groups is 2. The van der Waals surface area contributed by atoms with Gasteiger partial charge in [-0.15, -0.1) is 0 Å². The van der Waals surface area contributed by atoms with Crippen molar-refractivity contribution in [1.29, 1.82) is 0 Å². The molecule has 1 aromatic carbocycles. The summed E-state index contributed by atoms with van der Waals surface area (Å²) in [7, 11) is 0. The number of alkyl halides is 3. The Kier molecular flexibility index (Phi) is 7.31.